The molecule has 1 amide bonds. The number of thioether (sulfide) groups is 1. The molecule has 1 fully saturated rings. The van der Waals surface area contributed by atoms with Crippen molar-refractivity contribution in [3.8, 4) is 0 Å². The summed E-state index contributed by atoms with van der Waals surface area (Å²) in [5.74, 6) is -0.398. The van der Waals surface area contributed by atoms with E-state index < -0.39 is 15.9 Å². The van der Waals surface area contributed by atoms with Gasteiger partial charge in [-0.2, -0.15) is 0 Å². The van der Waals surface area contributed by atoms with E-state index in [0.29, 0.717) is 21.6 Å². The molecule has 0 aromatic heterocycles. The number of rotatable bonds is 7. The van der Waals surface area contributed by atoms with Gasteiger partial charge >= 0.3 is 0 Å². The number of carbonyl (C=O) groups excluding carboxylic acids is 1. The van der Waals surface area contributed by atoms with Crippen LogP contribution in [0.1, 0.15) is 25.7 Å². The molecule has 2 aromatic carbocycles. The van der Waals surface area contributed by atoms with Crippen molar-refractivity contribution >= 4 is 50.7 Å². The van der Waals surface area contributed by atoms with Gasteiger partial charge in [-0.15, -0.1) is 11.8 Å². The lowest BCUT2D eigenvalue weighted by Gasteiger charge is -2.22. The highest BCUT2D eigenvalue weighted by molar-refractivity contribution is 8.00. The molecule has 150 valence electrons. The van der Waals surface area contributed by atoms with Crippen molar-refractivity contribution in [2.24, 2.45) is 0 Å². The van der Waals surface area contributed by atoms with Gasteiger partial charge in [-0.25, -0.2) is 8.42 Å². The van der Waals surface area contributed by atoms with Crippen molar-refractivity contribution in [1.82, 2.24) is 0 Å². The maximum absolute atomic E-state index is 12.7. The fourth-order valence-corrected chi connectivity index (χ4v) is 5.57. The summed E-state index contributed by atoms with van der Waals surface area (Å²) in [6, 6.07) is 14.1. The normalized spacial score (nSPS) is 14.8. The average Bonchev–Trinajstić information content (AvgIpc) is 3.13. The number of amides is 1. The summed E-state index contributed by atoms with van der Waals surface area (Å²) in [4.78, 5) is 13.7. The Kier molecular flexibility index (Phi) is 6.91. The zero-order valence-electron chi connectivity index (χ0n) is 15.6. The van der Waals surface area contributed by atoms with Crippen molar-refractivity contribution in [3.63, 3.8) is 0 Å². The summed E-state index contributed by atoms with van der Waals surface area (Å²) in [7, 11) is -3.64. The van der Waals surface area contributed by atoms with Crippen LogP contribution in [0.5, 0.6) is 0 Å². The third-order valence-corrected chi connectivity index (χ3v) is 7.33. The second-order valence-corrected chi connectivity index (χ2v) is 10.5. The van der Waals surface area contributed by atoms with Gasteiger partial charge in [0.1, 0.15) is 6.54 Å². The third-order valence-electron chi connectivity index (χ3n) is 4.54. The maximum Gasteiger partial charge on any atom is 0.245 e. The number of nitrogens with zero attached hydrogens (tertiary/aromatic N) is 1. The number of benzene rings is 2. The van der Waals surface area contributed by atoms with E-state index in [-0.39, 0.29) is 6.54 Å². The van der Waals surface area contributed by atoms with Crippen LogP contribution in [0.25, 0.3) is 0 Å². The van der Waals surface area contributed by atoms with Gasteiger partial charge in [0.25, 0.3) is 0 Å². The van der Waals surface area contributed by atoms with Crippen LogP contribution < -0.4 is 9.62 Å². The summed E-state index contributed by atoms with van der Waals surface area (Å²) in [6.07, 6.45) is 5.93. The monoisotopic (exact) mass is 438 g/mol. The molecule has 0 radical (unpaired) electrons. The lowest BCUT2D eigenvalue weighted by Crippen LogP contribution is -2.37. The van der Waals surface area contributed by atoms with Crippen molar-refractivity contribution < 1.29 is 13.2 Å². The quantitative estimate of drug-likeness (QED) is 0.675. The second-order valence-electron chi connectivity index (χ2n) is 6.82. The molecule has 1 aliphatic carbocycles. The molecule has 0 aliphatic heterocycles. The minimum atomic E-state index is -3.64. The molecule has 0 atom stereocenters. The number of halogens is 1. The van der Waals surface area contributed by atoms with Crippen LogP contribution in [0.3, 0.4) is 0 Å². The first kappa shape index (κ1) is 21.0. The molecule has 1 saturated carbocycles. The van der Waals surface area contributed by atoms with Gasteiger partial charge < -0.3 is 5.32 Å². The van der Waals surface area contributed by atoms with Crippen LogP contribution in [0.15, 0.2) is 53.4 Å². The van der Waals surface area contributed by atoms with Crippen molar-refractivity contribution in [3.05, 3.63) is 53.6 Å². The number of hydrogen-bond donors (Lipinski definition) is 1. The second kappa shape index (κ2) is 9.20. The van der Waals surface area contributed by atoms with Gasteiger partial charge in [0.05, 0.1) is 17.6 Å². The zero-order valence-corrected chi connectivity index (χ0v) is 18.0. The largest absolute Gasteiger partial charge is 0.323 e. The fourth-order valence-electron chi connectivity index (χ4n) is 3.21. The molecule has 2 aromatic rings. The number of sulfonamides is 1. The van der Waals surface area contributed by atoms with Gasteiger partial charge in [0.15, 0.2) is 0 Å². The Balaban J connectivity index is 1.75. The van der Waals surface area contributed by atoms with E-state index >= 15 is 0 Å². The van der Waals surface area contributed by atoms with Gasteiger partial charge in [0.2, 0.25) is 15.9 Å². The molecular weight excluding hydrogens is 416 g/mol. The van der Waals surface area contributed by atoms with Crippen LogP contribution in [0.4, 0.5) is 11.4 Å². The summed E-state index contributed by atoms with van der Waals surface area (Å²) >= 11 is 7.76. The highest BCUT2D eigenvalue weighted by atomic mass is 35.5. The first-order valence-corrected chi connectivity index (χ1v) is 12.2. The summed E-state index contributed by atoms with van der Waals surface area (Å²) < 4.78 is 25.5. The number of para-hydroxylation sites is 1. The van der Waals surface area contributed by atoms with Crippen LogP contribution >= 0.6 is 23.4 Å². The van der Waals surface area contributed by atoms with Gasteiger partial charge in [0, 0.05) is 15.2 Å². The molecule has 28 heavy (non-hydrogen) atoms. The number of hydrogen-bond acceptors (Lipinski definition) is 4. The lowest BCUT2D eigenvalue weighted by atomic mass is 10.3. The molecule has 0 bridgehead atoms. The van der Waals surface area contributed by atoms with E-state index in [0.717, 1.165) is 15.5 Å². The molecule has 3 rings (SSSR count). The van der Waals surface area contributed by atoms with Gasteiger partial charge in [-0.3, -0.25) is 9.10 Å². The lowest BCUT2D eigenvalue weighted by molar-refractivity contribution is -0.114. The Hall–Kier alpha value is -1.70. The summed E-state index contributed by atoms with van der Waals surface area (Å²) in [5.41, 5.74) is 1.07. The number of carbonyl (C=O) groups is 1. The average molecular weight is 439 g/mol. The molecule has 0 saturated heterocycles. The van der Waals surface area contributed by atoms with Crippen molar-refractivity contribution in [2.45, 2.75) is 35.8 Å². The first-order valence-electron chi connectivity index (χ1n) is 9.12. The predicted molar refractivity (Wildman–Crippen MR) is 117 cm³/mol. The van der Waals surface area contributed by atoms with E-state index in [1.165, 1.54) is 31.7 Å². The Bertz CT molecular complexity index is 944. The Morgan fingerprint density at radius 1 is 1.18 bits per heavy atom. The van der Waals surface area contributed by atoms with Crippen LogP contribution in [-0.4, -0.2) is 32.4 Å². The highest BCUT2D eigenvalue weighted by Crippen LogP contribution is 2.38. The Morgan fingerprint density at radius 3 is 2.57 bits per heavy atom. The number of anilines is 2. The van der Waals surface area contributed by atoms with Crippen LogP contribution in [-0.2, 0) is 14.8 Å². The number of nitrogens with one attached hydrogen (secondary N) is 1. The summed E-state index contributed by atoms with van der Waals surface area (Å²) in [6.45, 7) is -0.318. The molecule has 0 spiro atoms. The topological polar surface area (TPSA) is 66.5 Å². The van der Waals surface area contributed by atoms with Crippen LogP contribution in [0, 0.1) is 0 Å². The molecule has 0 heterocycles. The molecule has 1 aliphatic rings. The Labute approximate surface area is 175 Å². The zero-order chi connectivity index (χ0) is 20.1. The molecule has 0 unspecified atom stereocenters. The Morgan fingerprint density at radius 2 is 1.89 bits per heavy atom. The van der Waals surface area contributed by atoms with Crippen molar-refractivity contribution in [2.75, 3.05) is 22.4 Å². The summed E-state index contributed by atoms with van der Waals surface area (Å²) in [5, 5.41) is 3.85. The standard InChI is InChI=1S/C20H23ClN2O3S2/c1-28(25,26)23(16-8-6-7-15(21)13-16)14-20(24)22-18-11-4-5-12-19(18)27-17-9-2-3-10-17/h4-8,11-13,17H,2-3,9-10,14H2,1H3,(H,22,24). The highest BCUT2D eigenvalue weighted by Gasteiger charge is 2.22. The molecule has 1 N–H and O–H groups in total. The van der Waals surface area contributed by atoms with Crippen molar-refractivity contribution in [1.29, 1.82) is 0 Å². The van der Waals surface area contributed by atoms with E-state index in [1.54, 1.807) is 30.0 Å². The molecule has 5 nitrogen and oxygen atoms in total. The predicted octanol–water partition coefficient (Wildman–Crippen LogP) is 4.78. The molecular formula is C20H23ClN2O3S2. The van der Waals surface area contributed by atoms with E-state index in [4.69, 9.17) is 11.6 Å². The minimum Gasteiger partial charge on any atom is -0.323 e. The minimum absolute atomic E-state index is 0.318. The smallest absolute Gasteiger partial charge is 0.245 e. The SMILES string of the molecule is CS(=O)(=O)N(CC(=O)Nc1ccccc1SC1CCCC1)c1cccc(Cl)c1. The molecule has 8 heteroatoms. The first-order chi connectivity index (χ1) is 13.3. The van der Waals surface area contributed by atoms with E-state index in [9.17, 15) is 13.2 Å². The van der Waals surface area contributed by atoms with E-state index in [1.807, 2.05) is 24.3 Å². The van der Waals surface area contributed by atoms with Crippen LogP contribution in [0.2, 0.25) is 5.02 Å². The fraction of sp³-hybridized carbons (Fsp3) is 0.350. The third kappa shape index (κ3) is 5.65. The van der Waals surface area contributed by atoms with Gasteiger partial charge in [-0.05, 0) is 43.2 Å². The maximum atomic E-state index is 12.7. The van der Waals surface area contributed by atoms with Gasteiger partial charge in [-0.1, -0.05) is 42.6 Å². The van der Waals surface area contributed by atoms with E-state index in [2.05, 4.69) is 5.32 Å².